The Kier molecular flexibility index (Phi) is 26.3. The molecular formula is C88H74Cl2N44O3S2. The maximum atomic E-state index is 12.0. The van der Waals surface area contributed by atoms with Crippen LogP contribution in [-0.2, 0) is 10.0 Å². The van der Waals surface area contributed by atoms with Crippen molar-refractivity contribution in [1.29, 1.82) is 0 Å². The molecule has 0 spiro atoms. The number of nitrogens with one attached hydrogen (secondary N) is 5. The lowest BCUT2D eigenvalue weighted by Gasteiger charge is -2.09. The van der Waals surface area contributed by atoms with Gasteiger partial charge in [0.2, 0.25) is 10.0 Å². The minimum atomic E-state index is -3.36. The Morgan fingerprint density at radius 3 is 1.21 bits per heavy atom. The minimum absolute atomic E-state index is 0.0994. The SMILES string of the molecule is CCCCS(=O)(=O)Nc1cccc(-n2ncc3c(N)ncnc32)c1.Nc1ncnc2c1cnn2-c1ccc(NC(=O)Nc2ccsc2)cc1.Nc1ncnc2c1cnn2-c1ccc2[nH]ncc2c1.Nc1ncnc2c1cnn2-c1cccc(-c2ccn[nH]2)c1.Nc1ncnc2c1cnn2-c1cccc(Cl)c1.Nc1ncnc2c1cnn2-c1ccnc(Cl)c1.Nc1ncnc2c1cnn2-c1ccncc1. The molecule has 0 saturated carbocycles. The number of aromatic nitrogens is 34. The molecule has 0 atom stereocenters. The van der Waals surface area contributed by atoms with Gasteiger partial charge in [-0.15, -0.1) is 0 Å². The van der Waals surface area contributed by atoms with Crippen LogP contribution in [0.15, 0.2) is 281 Å². The predicted octanol–water partition coefficient (Wildman–Crippen LogP) is 12.4. The number of carbonyl (C=O) groups excluding carboxylic acids is 1. The fourth-order valence-corrected chi connectivity index (χ4v) is 16.0. The zero-order chi connectivity index (χ0) is 96.0. The van der Waals surface area contributed by atoms with Crippen LogP contribution in [0.5, 0.6) is 0 Å². The van der Waals surface area contributed by atoms with Gasteiger partial charge in [-0.3, -0.25) is 19.9 Å². The molecule has 51 heteroatoms. The van der Waals surface area contributed by atoms with E-state index in [0.29, 0.717) is 130 Å². The van der Waals surface area contributed by atoms with E-state index in [1.165, 1.54) is 55.6 Å². The lowest BCUT2D eigenvalue weighted by Crippen LogP contribution is -2.18. The first-order chi connectivity index (χ1) is 67.7. The number of fused-ring (bicyclic) bond motifs is 8. The number of carbonyl (C=O) groups is 1. The third kappa shape index (κ3) is 20.3. The summed E-state index contributed by atoms with van der Waals surface area (Å²) in [5.41, 5.74) is 55.7. The van der Waals surface area contributed by atoms with Crippen LogP contribution >= 0.6 is 34.5 Å². The maximum Gasteiger partial charge on any atom is 0.323 e. The smallest absolute Gasteiger partial charge is 0.323 e. The third-order valence-electron chi connectivity index (χ3n) is 20.5. The number of hydrogen-bond donors (Lipinski definition) is 12. The number of nitrogens with two attached hydrogens (primary N) is 7. The first-order valence-electron chi connectivity index (χ1n) is 41.5. The molecule has 24 aromatic rings. The number of pyridine rings is 2. The Hall–Kier alpha value is -19.2. The molecule has 19 N–H and O–H groups in total. The Morgan fingerprint density at radius 2 is 0.777 bits per heavy atom. The average Bonchev–Trinajstić information content (AvgIpc) is 1.70. The molecule has 19 heterocycles. The van der Waals surface area contributed by atoms with Crippen molar-refractivity contribution in [2.45, 2.75) is 19.8 Å². The van der Waals surface area contributed by atoms with Gasteiger partial charge >= 0.3 is 6.03 Å². The van der Waals surface area contributed by atoms with E-state index in [0.717, 1.165) is 89.9 Å². The second kappa shape index (κ2) is 40.5. The van der Waals surface area contributed by atoms with E-state index in [9.17, 15) is 13.2 Å². The molecular weight excluding hydrogens is 1860 g/mol. The van der Waals surface area contributed by atoms with Gasteiger partial charge in [-0.2, -0.15) is 57.2 Å². The molecule has 47 nitrogen and oxygen atoms in total. The fourth-order valence-electron chi connectivity index (χ4n) is 13.8. The Balaban J connectivity index is 0.000000108. The highest BCUT2D eigenvalue weighted by Gasteiger charge is 2.20. The second-order valence-electron chi connectivity index (χ2n) is 29.5. The predicted molar refractivity (Wildman–Crippen MR) is 530 cm³/mol. The van der Waals surface area contributed by atoms with Crippen molar-refractivity contribution in [3.05, 3.63) is 291 Å². The molecule has 19 aromatic heterocycles. The number of nitrogen functional groups attached to an aromatic ring is 7. The highest BCUT2D eigenvalue weighted by Crippen LogP contribution is 2.31. The van der Waals surface area contributed by atoms with E-state index in [2.05, 4.69) is 151 Å². The van der Waals surface area contributed by atoms with Crippen molar-refractivity contribution in [1.82, 2.24) is 169 Å². The van der Waals surface area contributed by atoms with Gasteiger partial charge in [-0.1, -0.05) is 60.8 Å². The molecule has 5 aromatic carbocycles. The van der Waals surface area contributed by atoms with Crippen LogP contribution in [-0.4, -0.2) is 189 Å². The molecule has 0 aliphatic rings. The zero-order valence-corrected chi connectivity index (χ0v) is 75.5. The molecule has 0 radical (unpaired) electrons. The topological polar surface area (TPSA) is 658 Å². The highest BCUT2D eigenvalue weighted by molar-refractivity contribution is 7.92. The number of H-pyrrole nitrogens is 2. The number of aromatic amines is 2. The van der Waals surface area contributed by atoms with Gasteiger partial charge < -0.3 is 50.8 Å². The molecule has 0 fully saturated rings. The maximum absolute atomic E-state index is 12.0. The number of hydrogen-bond acceptors (Lipinski definition) is 36. The number of urea groups is 1. The number of halogens is 2. The van der Waals surface area contributed by atoms with Crippen LogP contribution in [0, 0.1) is 0 Å². The number of sulfonamides is 1. The summed E-state index contributed by atoms with van der Waals surface area (Å²) in [4.78, 5) is 76.8. The van der Waals surface area contributed by atoms with Crippen molar-refractivity contribution in [2.24, 2.45) is 0 Å². The van der Waals surface area contributed by atoms with Gasteiger partial charge in [0.1, 0.15) is 90.2 Å². The van der Waals surface area contributed by atoms with Crippen molar-refractivity contribution >= 4 is 197 Å². The summed E-state index contributed by atoms with van der Waals surface area (Å²) in [6.07, 6.45) is 31.3. The highest BCUT2D eigenvalue weighted by atomic mass is 35.5. The van der Waals surface area contributed by atoms with E-state index >= 15 is 0 Å². The first-order valence-corrected chi connectivity index (χ1v) is 44.8. The van der Waals surface area contributed by atoms with Crippen LogP contribution in [0.4, 0.5) is 62.6 Å². The van der Waals surface area contributed by atoms with Gasteiger partial charge in [-0.25, -0.2) is 121 Å². The molecule has 24 rings (SSSR count). The first kappa shape index (κ1) is 90.4. The normalized spacial score (nSPS) is 11.1. The van der Waals surface area contributed by atoms with Crippen LogP contribution in [0.1, 0.15) is 19.8 Å². The number of unbranched alkanes of at least 4 members (excludes halogenated alkanes) is 1. The summed E-state index contributed by atoms with van der Waals surface area (Å²) >= 11 is 13.3. The number of anilines is 10. The molecule has 0 bridgehead atoms. The Bertz CT molecular complexity index is 8460. The molecule has 0 aliphatic carbocycles. The van der Waals surface area contributed by atoms with Gasteiger partial charge in [0.25, 0.3) is 0 Å². The van der Waals surface area contributed by atoms with E-state index in [1.807, 2.05) is 121 Å². The average molecular weight is 1930 g/mol. The zero-order valence-electron chi connectivity index (χ0n) is 72.3. The van der Waals surface area contributed by atoms with Crippen LogP contribution < -0.4 is 55.5 Å². The summed E-state index contributed by atoms with van der Waals surface area (Å²) in [6, 6.07) is 46.1. The van der Waals surface area contributed by atoms with Gasteiger partial charge in [-0.05, 0) is 133 Å². The lowest BCUT2D eigenvalue weighted by molar-refractivity contribution is 0.262. The molecule has 0 saturated heterocycles. The number of nitrogens with zero attached hydrogens (tertiary/aromatic N) is 32. The van der Waals surface area contributed by atoms with E-state index < -0.39 is 10.0 Å². The number of amides is 2. The van der Waals surface area contributed by atoms with Gasteiger partial charge in [0, 0.05) is 57.9 Å². The van der Waals surface area contributed by atoms with Crippen molar-refractivity contribution in [3.63, 3.8) is 0 Å². The number of rotatable bonds is 15. The summed E-state index contributed by atoms with van der Waals surface area (Å²) in [5.74, 6) is 2.95. The molecule has 139 heavy (non-hydrogen) atoms. The minimum Gasteiger partial charge on any atom is -0.383 e. The quantitative estimate of drug-likeness (QED) is 0.0424. The van der Waals surface area contributed by atoms with Crippen molar-refractivity contribution < 1.29 is 13.2 Å². The molecule has 690 valence electrons. The second-order valence-corrected chi connectivity index (χ2v) is 33.0. The Morgan fingerprint density at radius 1 is 0.374 bits per heavy atom. The summed E-state index contributed by atoms with van der Waals surface area (Å²) < 4.78 is 38.4. The van der Waals surface area contributed by atoms with Gasteiger partial charge in [0.15, 0.2) is 39.5 Å². The number of benzene rings is 5. The molecule has 0 unspecified atom stereocenters. The summed E-state index contributed by atoms with van der Waals surface area (Å²) in [5, 5.41) is 60.1. The van der Waals surface area contributed by atoms with E-state index in [4.69, 9.17) is 63.3 Å². The standard InChI is InChI=1S/C16H13N7OS.C15H18N6O2S.C14H11N7.C12H9N7.C11H8ClN5.C10H7ClN6.C10H8N6/c17-14-13-7-20-23(15(13)19-9-18-14)12-3-1-10(2-4-12)21-16(24)22-11-5-6-25-8-11;1-2-3-7-24(22,23)20-11-5-4-6-12(8-11)21-15-13(9-19-21)14(16)17-10-18-15;15-13-11-7-19-21(14(11)17-8-16-13)10-3-1-2-9(6-10)12-4-5-18-20-12;13-11-9-5-17-19(12(9)15-6-14-11)8-1-2-10-7(3-8)4-16-18-10;12-7-2-1-3-8(4-7)17-11-9(5-16-17)10(13)14-6-15-11;11-8-3-6(1-2-13-8)17-10-7(4-16-17)9(12)14-5-15-10;11-9-8-5-15-16(10(8)14-6-13-9)7-1-3-12-4-2-7/h1-9H,(H2,17,18,19)(H2,21,22,24);4-6,8-10,20H,2-3,7H2,1H3,(H2,16,17,18);1-8H,(H,18,20)(H2,15,16,17);1-6H,(H,16,18)(H2,13,14,15);1-6H,(H2,13,14,15);1-5H,(H2,12,14,15);1-6H,(H2,11,13,14). The summed E-state index contributed by atoms with van der Waals surface area (Å²) in [7, 11) is -3.36. The van der Waals surface area contributed by atoms with Crippen molar-refractivity contribution in [2.75, 3.05) is 61.2 Å². The monoisotopic (exact) mass is 1930 g/mol. The number of thiophene rings is 1. The van der Waals surface area contributed by atoms with Crippen LogP contribution in [0.25, 0.3) is 139 Å². The Labute approximate surface area is 796 Å². The molecule has 2 amide bonds. The van der Waals surface area contributed by atoms with Gasteiger partial charge in [0.05, 0.1) is 155 Å². The van der Waals surface area contributed by atoms with Crippen molar-refractivity contribution in [3.8, 4) is 51.1 Å². The largest absolute Gasteiger partial charge is 0.383 e. The molecule has 0 aliphatic heterocycles. The van der Waals surface area contributed by atoms with Crippen LogP contribution in [0.2, 0.25) is 10.2 Å². The third-order valence-corrected chi connectivity index (χ3v) is 23.0. The van der Waals surface area contributed by atoms with E-state index in [1.54, 1.807) is 156 Å². The fraction of sp³-hybridized carbons (Fsp3) is 0.0455. The van der Waals surface area contributed by atoms with E-state index in [-0.39, 0.29) is 11.8 Å². The lowest BCUT2D eigenvalue weighted by atomic mass is 10.1. The summed E-state index contributed by atoms with van der Waals surface area (Å²) in [6.45, 7) is 1.95. The van der Waals surface area contributed by atoms with Crippen LogP contribution in [0.3, 0.4) is 0 Å².